The fraction of sp³-hybridized carbons (Fsp3) is 0.200. The number of benzene rings is 1. The predicted octanol–water partition coefficient (Wildman–Crippen LogP) is 1.49. The molecule has 0 bridgehead atoms. The van der Waals surface area contributed by atoms with Gasteiger partial charge in [0.25, 0.3) is 5.69 Å². The lowest BCUT2D eigenvalue weighted by molar-refractivity contribution is -0.384. The number of fused-ring (bicyclic) bond motifs is 1. The fourth-order valence-corrected chi connectivity index (χ4v) is 1.86. The summed E-state index contributed by atoms with van der Waals surface area (Å²) in [6, 6.07) is 2.62. The van der Waals surface area contributed by atoms with Crippen molar-refractivity contribution in [2.75, 3.05) is 0 Å². The maximum Gasteiger partial charge on any atom is 0.354 e. The van der Waals surface area contributed by atoms with Gasteiger partial charge in [0.15, 0.2) is 5.69 Å². The normalized spacial score (nSPS) is 10.7. The molecule has 0 fully saturated rings. The van der Waals surface area contributed by atoms with Crippen molar-refractivity contribution in [1.82, 2.24) is 9.78 Å². The molecule has 7 heteroatoms. The van der Waals surface area contributed by atoms with Crippen LogP contribution in [0.3, 0.4) is 0 Å². The van der Waals surface area contributed by atoms with Crippen molar-refractivity contribution in [2.45, 2.75) is 6.92 Å². The summed E-state index contributed by atoms with van der Waals surface area (Å²) < 4.78 is 1.21. The minimum Gasteiger partial charge on any atom is -0.477 e. The average molecular weight is 235 g/mol. The van der Waals surface area contributed by atoms with E-state index in [0.717, 1.165) is 0 Å². The number of rotatable bonds is 2. The Hall–Kier alpha value is -2.44. The van der Waals surface area contributed by atoms with Crippen LogP contribution >= 0.6 is 0 Å². The third kappa shape index (κ3) is 1.61. The van der Waals surface area contributed by atoms with Crippen LogP contribution < -0.4 is 0 Å². The molecule has 0 aliphatic heterocycles. The van der Waals surface area contributed by atoms with Crippen LogP contribution in [0.25, 0.3) is 10.9 Å². The van der Waals surface area contributed by atoms with Crippen LogP contribution in [0, 0.1) is 17.0 Å². The number of nitro benzene ring substituents is 1. The van der Waals surface area contributed by atoms with Crippen LogP contribution in [0.15, 0.2) is 12.1 Å². The van der Waals surface area contributed by atoms with Crippen LogP contribution in [0.5, 0.6) is 0 Å². The number of carboxylic acids is 1. The Labute approximate surface area is 95.4 Å². The number of aromatic nitrogens is 2. The Balaban J connectivity index is 2.86. The van der Waals surface area contributed by atoms with E-state index in [0.29, 0.717) is 16.5 Å². The first kappa shape index (κ1) is 11.1. The Kier molecular flexibility index (Phi) is 2.31. The van der Waals surface area contributed by atoms with Crippen LogP contribution in [-0.2, 0) is 7.05 Å². The first-order valence-electron chi connectivity index (χ1n) is 4.77. The van der Waals surface area contributed by atoms with Crippen molar-refractivity contribution in [1.29, 1.82) is 0 Å². The molecule has 2 aromatic rings. The van der Waals surface area contributed by atoms with Gasteiger partial charge < -0.3 is 5.11 Å². The molecule has 1 N–H and O–H groups in total. The van der Waals surface area contributed by atoms with E-state index in [-0.39, 0.29) is 11.4 Å². The highest BCUT2D eigenvalue weighted by atomic mass is 16.6. The van der Waals surface area contributed by atoms with Crippen molar-refractivity contribution < 1.29 is 14.8 Å². The van der Waals surface area contributed by atoms with Gasteiger partial charge in [0.2, 0.25) is 0 Å². The summed E-state index contributed by atoms with van der Waals surface area (Å²) in [6.07, 6.45) is 0. The van der Waals surface area contributed by atoms with Crippen molar-refractivity contribution in [3.63, 3.8) is 0 Å². The number of hydrogen-bond donors (Lipinski definition) is 1. The highest BCUT2D eigenvalue weighted by Crippen LogP contribution is 2.26. The molecule has 1 aromatic carbocycles. The molecule has 0 saturated carbocycles. The van der Waals surface area contributed by atoms with E-state index >= 15 is 0 Å². The van der Waals surface area contributed by atoms with E-state index in [1.165, 1.54) is 23.9 Å². The largest absolute Gasteiger partial charge is 0.477 e. The third-order valence-corrected chi connectivity index (χ3v) is 2.53. The summed E-state index contributed by atoms with van der Waals surface area (Å²) in [5.41, 5.74) is 0.786. The summed E-state index contributed by atoms with van der Waals surface area (Å²) in [5.74, 6) is -1.10. The van der Waals surface area contributed by atoms with Crippen molar-refractivity contribution in [3.05, 3.63) is 33.5 Å². The topological polar surface area (TPSA) is 98.3 Å². The lowest BCUT2D eigenvalue weighted by atomic mass is 10.1. The van der Waals surface area contributed by atoms with Gasteiger partial charge in [-0.2, -0.15) is 5.10 Å². The van der Waals surface area contributed by atoms with Crippen LogP contribution in [0.2, 0.25) is 0 Å². The van der Waals surface area contributed by atoms with Gasteiger partial charge in [-0.1, -0.05) is 0 Å². The number of aryl methyl sites for hydroxylation is 2. The minimum absolute atomic E-state index is 0.0346. The molecule has 0 unspecified atom stereocenters. The number of carboxylic acid groups (broad SMARTS) is 1. The van der Waals surface area contributed by atoms with Gasteiger partial charge in [-0.3, -0.25) is 14.8 Å². The second-order valence-corrected chi connectivity index (χ2v) is 3.69. The molecule has 1 heterocycles. The fourth-order valence-electron chi connectivity index (χ4n) is 1.86. The van der Waals surface area contributed by atoms with Gasteiger partial charge in [-0.25, -0.2) is 4.79 Å². The molecule has 0 saturated heterocycles. The molecule has 2 rings (SSSR count). The van der Waals surface area contributed by atoms with E-state index in [1.54, 1.807) is 6.92 Å². The smallest absolute Gasteiger partial charge is 0.354 e. The quantitative estimate of drug-likeness (QED) is 0.628. The lowest BCUT2D eigenvalue weighted by Crippen LogP contribution is -2.05. The molecule has 0 aliphatic rings. The number of hydrogen-bond acceptors (Lipinski definition) is 4. The zero-order valence-corrected chi connectivity index (χ0v) is 9.17. The first-order chi connectivity index (χ1) is 7.91. The van der Waals surface area contributed by atoms with Gasteiger partial charge in [-0.15, -0.1) is 0 Å². The molecule has 0 aliphatic carbocycles. The lowest BCUT2D eigenvalue weighted by Gasteiger charge is -1.98. The van der Waals surface area contributed by atoms with Gasteiger partial charge in [0, 0.05) is 24.6 Å². The summed E-state index contributed by atoms with van der Waals surface area (Å²) in [7, 11) is 1.49. The Morgan fingerprint density at radius 2 is 2.18 bits per heavy atom. The molecule has 7 nitrogen and oxygen atoms in total. The Bertz CT molecular complexity index is 645. The number of aromatic carboxylic acids is 1. The van der Waals surface area contributed by atoms with Crippen LogP contribution in [0.4, 0.5) is 5.69 Å². The van der Waals surface area contributed by atoms with E-state index in [1.807, 2.05) is 0 Å². The van der Waals surface area contributed by atoms with Gasteiger partial charge in [0.1, 0.15) is 5.52 Å². The molecule has 88 valence electrons. The zero-order valence-electron chi connectivity index (χ0n) is 9.17. The van der Waals surface area contributed by atoms with E-state index in [2.05, 4.69) is 5.10 Å². The number of nitrogens with zero attached hydrogens (tertiary/aromatic N) is 3. The summed E-state index contributed by atoms with van der Waals surface area (Å²) >= 11 is 0. The molecule has 0 radical (unpaired) electrons. The van der Waals surface area contributed by atoms with E-state index in [9.17, 15) is 14.9 Å². The van der Waals surface area contributed by atoms with E-state index < -0.39 is 10.9 Å². The first-order valence-corrected chi connectivity index (χ1v) is 4.77. The molecule has 0 spiro atoms. The average Bonchev–Trinajstić information content (AvgIpc) is 2.54. The highest BCUT2D eigenvalue weighted by Gasteiger charge is 2.20. The summed E-state index contributed by atoms with van der Waals surface area (Å²) in [4.78, 5) is 21.2. The number of non-ortho nitro benzene ring substituents is 1. The van der Waals surface area contributed by atoms with Crippen molar-refractivity contribution in [3.8, 4) is 0 Å². The van der Waals surface area contributed by atoms with Gasteiger partial charge in [-0.05, 0) is 12.5 Å². The maximum atomic E-state index is 11.1. The molecular weight excluding hydrogens is 226 g/mol. The standard InChI is InChI=1S/C10H9N3O4/c1-5-3-6(13(16)17)4-7-8(5)9(10(14)15)12(2)11-7/h3-4H,1-2H3,(H,14,15). The SMILES string of the molecule is Cc1cc([N+](=O)[O-])cc2nn(C)c(C(=O)O)c12. The Morgan fingerprint density at radius 3 is 2.71 bits per heavy atom. The summed E-state index contributed by atoms with van der Waals surface area (Å²) in [5, 5.41) is 24.1. The number of carbonyl (C=O) groups is 1. The highest BCUT2D eigenvalue weighted by molar-refractivity contribution is 6.03. The Morgan fingerprint density at radius 1 is 1.53 bits per heavy atom. The van der Waals surface area contributed by atoms with Crippen molar-refractivity contribution in [2.24, 2.45) is 7.05 Å². The molecule has 0 amide bonds. The van der Waals surface area contributed by atoms with E-state index in [4.69, 9.17) is 5.11 Å². The van der Waals surface area contributed by atoms with Crippen molar-refractivity contribution >= 4 is 22.6 Å². The predicted molar refractivity (Wildman–Crippen MR) is 59.1 cm³/mol. The monoisotopic (exact) mass is 235 g/mol. The minimum atomic E-state index is -1.10. The van der Waals surface area contributed by atoms with Crippen LogP contribution in [-0.4, -0.2) is 25.8 Å². The maximum absolute atomic E-state index is 11.1. The molecular formula is C10H9N3O4. The second-order valence-electron chi connectivity index (χ2n) is 3.69. The number of nitro groups is 1. The van der Waals surface area contributed by atoms with Gasteiger partial charge in [0.05, 0.1) is 4.92 Å². The second kappa shape index (κ2) is 3.55. The molecule has 17 heavy (non-hydrogen) atoms. The van der Waals surface area contributed by atoms with Crippen LogP contribution in [0.1, 0.15) is 16.1 Å². The summed E-state index contributed by atoms with van der Waals surface area (Å²) in [6.45, 7) is 1.63. The third-order valence-electron chi connectivity index (χ3n) is 2.53. The molecule has 0 atom stereocenters. The zero-order chi connectivity index (χ0) is 12.7. The van der Waals surface area contributed by atoms with Gasteiger partial charge >= 0.3 is 5.97 Å². The molecule has 1 aromatic heterocycles.